The summed E-state index contributed by atoms with van der Waals surface area (Å²) in [6, 6.07) is 11.7. The van der Waals surface area contributed by atoms with E-state index in [9.17, 15) is 4.79 Å². The third-order valence-corrected chi connectivity index (χ3v) is 4.01. The van der Waals surface area contributed by atoms with Crippen LogP contribution in [0.2, 0.25) is 0 Å². The summed E-state index contributed by atoms with van der Waals surface area (Å²) in [6.45, 7) is 1.71. The topological polar surface area (TPSA) is 65.4 Å². The van der Waals surface area contributed by atoms with Crippen LogP contribution in [0.4, 0.5) is 4.79 Å². The molecule has 2 aliphatic rings. The van der Waals surface area contributed by atoms with Crippen LogP contribution in [0.1, 0.15) is 12.0 Å². The summed E-state index contributed by atoms with van der Waals surface area (Å²) in [7, 11) is 0. The Kier molecular flexibility index (Phi) is 3.89. The lowest BCUT2D eigenvalue weighted by molar-refractivity contribution is 0.0715. The SMILES string of the molecule is N#C/C=C1\CC2CNCC1N2C(=O)OCc1ccccc1. The number of fused-ring (bicyclic) bond motifs is 2. The van der Waals surface area contributed by atoms with Crippen molar-refractivity contribution < 1.29 is 9.53 Å². The molecule has 0 spiro atoms. The molecule has 2 aliphatic heterocycles. The fourth-order valence-corrected chi connectivity index (χ4v) is 3.03. The molecule has 2 bridgehead atoms. The Morgan fingerprint density at radius 3 is 3.00 bits per heavy atom. The first-order chi connectivity index (χ1) is 10.3. The molecule has 3 rings (SSSR count). The van der Waals surface area contributed by atoms with Crippen LogP contribution in [0, 0.1) is 11.3 Å². The van der Waals surface area contributed by atoms with Gasteiger partial charge in [-0.15, -0.1) is 0 Å². The highest BCUT2D eigenvalue weighted by atomic mass is 16.6. The van der Waals surface area contributed by atoms with Gasteiger partial charge in [0.05, 0.1) is 18.2 Å². The van der Waals surface area contributed by atoms with Gasteiger partial charge in [-0.3, -0.25) is 4.90 Å². The van der Waals surface area contributed by atoms with Crippen molar-refractivity contribution in [3.8, 4) is 6.07 Å². The quantitative estimate of drug-likeness (QED) is 0.841. The van der Waals surface area contributed by atoms with Crippen LogP contribution in [-0.2, 0) is 11.3 Å². The summed E-state index contributed by atoms with van der Waals surface area (Å²) in [5.41, 5.74) is 1.99. The van der Waals surface area contributed by atoms with Gasteiger partial charge in [-0.1, -0.05) is 30.3 Å². The lowest BCUT2D eigenvalue weighted by atomic mass is 10.1. The van der Waals surface area contributed by atoms with E-state index < -0.39 is 0 Å². The molecule has 2 fully saturated rings. The number of ether oxygens (including phenoxy) is 1. The van der Waals surface area contributed by atoms with Crippen molar-refractivity contribution in [2.24, 2.45) is 0 Å². The van der Waals surface area contributed by atoms with Gasteiger partial charge in [-0.25, -0.2) is 4.79 Å². The number of benzene rings is 1. The van der Waals surface area contributed by atoms with Crippen molar-refractivity contribution in [2.75, 3.05) is 13.1 Å². The molecule has 1 aromatic rings. The van der Waals surface area contributed by atoms with Crippen LogP contribution in [0.3, 0.4) is 0 Å². The lowest BCUT2D eigenvalue weighted by Gasteiger charge is -2.34. The Labute approximate surface area is 123 Å². The molecule has 0 aliphatic carbocycles. The maximum Gasteiger partial charge on any atom is 0.410 e. The Morgan fingerprint density at radius 2 is 2.24 bits per heavy atom. The molecule has 21 heavy (non-hydrogen) atoms. The maximum atomic E-state index is 12.3. The number of hydrogen-bond donors (Lipinski definition) is 1. The second-order valence-electron chi connectivity index (χ2n) is 5.33. The van der Waals surface area contributed by atoms with Crippen molar-refractivity contribution in [3.05, 3.63) is 47.5 Å². The number of nitrogens with zero attached hydrogens (tertiary/aromatic N) is 2. The second kappa shape index (κ2) is 5.98. The Bertz CT molecular complexity index is 591. The first-order valence-electron chi connectivity index (χ1n) is 7.08. The minimum absolute atomic E-state index is 0.0494. The molecule has 0 saturated carbocycles. The monoisotopic (exact) mass is 283 g/mol. The van der Waals surface area contributed by atoms with Gasteiger partial charge in [-0.2, -0.15) is 5.26 Å². The van der Waals surface area contributed by atoms with Crippen molar-refractivity contribution in [1.82, 2.24) is 10.2 Å². The van der Waals surface area contributed by atoms with Crippen molar-refractivity contribution in [1.29, 1.82) is 5.26 Å². The third-order valence-electron chi connectivity index (χ3n) is 4.01. The lowest BCUT2D eigenvalue weighted by Crippen LogP contribution is -2.54. The smallest absolute Gasteiger partial charge is 0.410 e. The van der Waals surface area contributed by atoms with Crippen molar-refractivity contribution in [2.45, 2.75) is 25.1 Å². The van der Waals surface area contributed by atoms with E-state index >= 15 is 0 Å². The summed E-state index contributed by atoms with van der Waals surface area (Å²) < 4.78 is 5.42. The molecular formula is C16H17N3O2. The highest BCUT2D eigenvalue weighted by Crippen LogP contribution is 2.32. The number of hydrogen-bond acceptors (Lipinski definition) is 4. The highest BCUT2D eigenvalue weighted by Gasteiger charge is 2.43. The number of allylic oxidation sites excluding steroid dienone is 1. The van der Waals surface area contributed by atoms with E-state index in [-0.39, 0.29) is 24.8 Å². The zero-order chi connectivity index (χ0) is 14.7. The van der Waals surface area contributed by atoms with Crippen molar-refractivity contribution in [3.63, 3.8) is 0 Å². The number of piperazine rings is 1. The summed E-state index contributed by atoms with van der Waals surface area (Å²) in [5.74, 6) is 0. The highest BCUT2D eigenvalue weighted by molar-refractivity contribution is 5.70. The van der Waals surface area contributed by atoms with Crippen LogP contribution < -0.4 is 5.32 Å². The Balaban J connectivity index is 1.67. The van der Waals surface area contributed by atoms with Crippen LogP contribution >= 0.6 is 0 Å². The van der Waals surface area contributed by atoms with Crippen LogP contribution in [0.15, 0.2) is 42.0 Å². The molecule has 5 heteroatoms. The number of carbonyl (C=O) groups is 1. The predicted octanol–water partition coefficient (Wildman–Crippen LogP) is 1.82. The zero-order valence-corrected chi connectivity index (χ0v) is 11.7. The number of rotatable bonds is 2. The average Bonchev–Trinajstić information content (AvgIpc) is 2.72. The molecule has 0 aromatic heterocycles. The molecule has 108 valence electrons. The molecular weight excluding hydrogens is 266 g/mol. The predicted molar refractivity (Wildman–Crippen MR) is 77.2 cm³/mol. The van der Waals surface area contributed by atoms with Gasteiger partial charge >= 0.3 is 6.09 Å². The van der Waals surface area contributed by atoms with Crippen molar-refractivity contribution >= 4 is 6.09 Å². The van der Waals surface area contributed by atoms with Gasteiger partial charge in [0.1, 0.15) is 6.61 Å². The molecule has 2 saturated heterocycles. The standard InChI is InChI=1S/C16H17N3O2/c17-7-6-13-8-14-9-18-10-15(13)19(14)16(20)21-11-12-4-2-1-3-5-12/h1-6,14-15,18H,8-11H2/b13-6+. The minimum Gasteiger partial charge on any atom is -0.445 e. The van der Waals surface area contributed by atoms with Gasteiger partial charge < -0.3 is 10.1 Å². The van der Waals surface area contributed by atoms with E-state index in [1.54, 1.807) is 11.0 Å². The van der Waals surface area contributed by atoms with E-state index in [2.05, 4.69) is 11.4 Å². The molecule has 2 unspecified atom stereocenters. The maximum absolute atomic E-state index is 12.3. The third kappa shape index (κ3) is 2.76. The summed E-state index contributed by atoms with van der Waals surface area (Å²) >= 11 is 0. The largest absolute Gasteiger partial charge is 0.445 e. The van der Waals surface area contributed by atoms with Gasteiger partial charge in [0.25, 0.3) is 0 Å². The van der Waals surface area contributed by atoms with Crippen LogP contribution in [0.5, 0.6) is 0 Å². The average molecular weight is 283 g/mol. The Morgan fingerprint density at radius 1 is 1.43 bits per heavy atom. The van der Waals surface area contributed by atoms with Crippen LogP contribution in [0.25, 0.3) is 0 Å². The fraction of sp³-hybridized carbons (Fsp3) is 0.375. The molecule has 2 heterocycles. The van der Waals surface area contributed by atoms with Gasteiger partial charge in [-0.05, 0) is 17.6 Å². The molecule has 1 amide bonds. The van der Waals surface area contributed by atoms with E-state index in [1.165, 1.54) is 0 Å². The van der Waals surface area contributed by atoms with Crippen LogP contribution in [-0.4, -0.2) is 36.2 Å². The number of nitriles is 1. The molecule has 5 nitrogen and oxygen atoms in total. The van der Waals surface area contributed by atoms with E-state index in [0.717, 1.165) is 24.1 Å². The van der Waals surface area contributed by atoms with E-state index in [1.807, 2.05) is 30.3 Å². The first kappa shape index (κ1) is 13.7. The summed E-state index contributed by atoms with van der Waals surface area (Å²) in [5, 5.41) is 12.1. The van der Waals surface area contributed by atoms with E-state index in [4.69, 9.17) is 10.00 Å². The first-order valence-corrected chi connectivity index (χ1v) is 7.08. The number of carbonyl (C=O) groups excluding carboxylic acids is 1. The zero-order valence-electron chi connectivity index (χ0n) is 11.7. The van der Waals surface area contributed by atoms with Gasteiger partial charge in [0, 0.05) is 19.2 Å². The van der Waals surface area contributed by atoms with Gasteiger partial charge in [0.2, 0.25) is 0 Å². The van der Waals surface area contributed by atoms with Gasteiger partial charge in [0.15, 0.2) is 0 Å². The number of amides is 1. The molecule has 1 N–H and O–H groups in total. The fourth-order valence-electron chi connectivity index (χ4n) is 3.03. The minimum atomic E-state index is -0.295. The summed E-state index contributed by atoms with van der Waals surface area (Å²) in [6.07, 6.45) is 2.03. The Hall–Kier alpha value is -2.32. The normalized spacial score (nSPS) is 25.7. The molecule has 1 aromatic carbocycles. The molecule has 2 atom stereocenters. The molecule has 0 radical (unpaired) electrons. The van der Waals surface area contributed by atoms with E-state index in [0.29, 0.717) is 6.54 Å². The number of nitrogens with one attached hydrogen (secondary N) is 1. The second-order valence-corrected chi connectivity index (χ2v) is 5.33. The summed E-state index contributed by atoms with van der Waals surface area (Å²) in [4.78, 5) is 14.1.